The molecule has 3 aromatic rings. The lowest BCUT2D eigenvalue weighted by molar-refractivity contribution is 0.574. The molecule has 3 rings (SSSR count). The highest BCUT2D eigenvalue weighted by Crippen LogP contribution is 2.32. The van der Waals surface area contributed by atoms with Gasteiger partial charge >= 0.3 is 0 Å². The van der Waals surface area contributed by atoms with Gasteiger partial charge in [0.25, 0.3) is 0 Å². The smallest absolute Gasteiger partial charge is 0.127 e. The fourth-order valence-corrected chi connectivity index (χ4v) is 4.64. The SMILES string of the molecule is Cc1cccc(CCC(c2cc(F)ccc2F)S(=O)c2ccc(Cl)cc2)c1. The number of benzene rings is 3. The van der Waals surface area contributed by atoms with Crippen LogP contribution in [0.4, 0.5) is 8.78 Å². The highest BCUT2D eigenvalue weighted by molar-refractivity contribution is 7.85. The van der Waals surface area contributed by atoms with Crippen LogP contribution in [0.25, 0.3) is 0 Å². The second-order valence-corrected chi connectivity index (χ2v) is 8.51. The largest absolute Gasteiger partial charge is 0.254 e. The first-order valence-electron chi connectivity index (χ1n) is 8.60. The Morgan fingerprint density at radius 2 is 1.74 bits per heavy atom. The van der Waals surface area contributed by atoms with E-state index in [9.17, 15) is 13.0 Å². The van der Waals surface area contributed by atoms with Gasteiger partial charge in [-0.1, -0.05) is 41.4 Å². The number of halogens is 3. The third kappa shape index (κ3) is 5.02. The van der Waals surface area contributed by atoms with Crippen LogP contribution in [0.2, 0.25) is 5.02 Å². The lowest BCUT2D eigenvalue weighted by atomic mass is 10.0. The first-order valence-corrected chi connectivity index (χ1v) is 10.2. The molecule has 0 amide bonds. The zero-order valence-electron chi connectivity index (χ0n) is 14.8. The molecule has 1 nitrogen and oxygen atoms in total. The second-order valence-electron chi connectivity index (χ2n) is 6.43. The number of rotatable bonds is 6. The van der Waals surface area contributed by atoms with E-state index >= 15 is 0 Å². The molecule has 0 N–H and O–H groups in total. The van der Waals surface area contributed by atoms with Gasteiger partial charge in [-0.2, -0.15) is 0 Å². The van der Waals surface area contributed by atoms with E-state index in [1.54, 1.807) is 24.3 Å². The van der Waals surface area contributed by atoms with Gasteiger partial charge < -0.3 is 0 Å². The fourth-order valence-electron chi connectivity index (χ4n) is 3.04. The minimum Gasteiger partial charge on any atom is -0.254 e. The highest BCUT2D eigenvalue weighted by atomic mass is 35.5. The van der Waals surface area contributed by atoms with E-state index in [4.69, 9.17) is 11.6 Å². The van der Waals surface area contributed by atoms with Crippen molar-refractivity contribution >= 4 is 22.4 Å². The zero-order chi connectivity index (χ0) is 19.4. The van der Waals surface area contributed by atoms with Gasteiger partial charge in [0.05, 0.1) is 16.0 Å². The summed E-state index contributed by atoms with van der Waals surface area (Å²) in [4.78, 5) is 0.539. The Hall–Kier alpha value is -2.04. The van der Waals surface area contributed by atoms with Crippen molar-refractivity contribution in [2.24, 2.45) is 0 Å². The van der Waals surface area contributed by atoms with Crippen LogP contribution in [-0.4, -0.2) is 4.21 Å². The third-order valence-electron chi connectivity index (χ3n) is 4.39. The average molecular weight is 405 g/mol. The van der Waals surface area contributed by atoms with Crippen molar-refractivity contribution in [3.8, 4) is 0 Å². The van der Waals surface area contributed by atoms with Gasteiger partial charge in [0.2, 0.25) is 0 Å². The monoisotopic (exact) mass is 404 g/mol. The predicted octanol–water partition coefficient (Wildman–Crippen LogP) is 6.41. The van der Waals surface area contributed by atoms with E-state index < -0.39 is 27.7 Å². The van der Waals surface area contributed by atoms with Crippen LogP contribution >= 0.6 is 11.6 Å². The number of hydrogen-bond acceptors (Lipinski definition) is 1. The Kier molecular flexibility index (Phi) is 6.40. The van der Waals surface area contributed by atoms with Crippen molar-refractivity contribution in [2.75, 3.05) is 0 Å². The van der Waals surface area contributed by atoms with Crippen molar-refractivity contribution in [3.63, 3.8) is 0 Å². The van der Waals surface area contributed by atoms with Crippen LogP contribution in [0, 0.1) is 18.6 Å². The molecule has 27 heavy (non-hydrogen) atoms. The molecule has 0 saturated heterocycles. The predicted molar refractivity (Wildman–Crippen MR) is 106 cm³/mol. The standard InChI is InChI=1S/C22H19ClF2OS/c1-15-3-2-4-16(13-15)5-12-22(20-14-18(24)8-11-21(20)25)27(26)19-9-6-17(23)7-10-19/h2-4,6-11,13-14,22H,5,12H2,1H3. The summed E-state index contributed by atoms with van der Waals surface area (Å²) in [7, 11) is -1.54. The van der Waals surface area contributed by atoms with Gasteiger partial charge in [-0.25, -0.2) is 8.78 Å². The van der Waals surface area contributed by atoms with E-state index in [2.05, 4.69) is 0 Å². The van der Waals surface area contributed by atoms with Crippen molar-refractivity contribution in [1.82, 2.24) is 0 Å². The van der Waals surface area contributed by atoms with E-state index in [-0.39, 0.29) is 5.56 Å². The normalized spacial score (nSPS) is 13.3. The summed E-state index contributed by atoms with van der Waals surface area (Å²) in [5.74, 6) is -1.09. The third-order valence-corrected chi connectivity index (χ3v) is 6.38. The molecule has 5 heteroatoms. The summed E-state index contributed by atoms with van der Waals surface area (Å²) >= 11 is 5.91. The first kappa shape index (κ1) is 19.7. The van der Waals surface area contributed by atoms with Crippen LogP contribution in [0.15, 0.2) is 71.6 Å². The maximum Gasteiger partial charge on any atom is 0.127 e. The summed E-state index contributed by atoms with van der Waals surface area (Å²) in [6.07, 6.45) is 1.04. The van der Waals surface area contributed by atoms with Crippen LogP contribution in [0.1, 0.15) is 28.4 Å². The van der Waals surface area contributed by atoms with E-state index in [1.165, 1.54) is 0 Å². The molecular weight excluding hydrogens is 386 g/mol. The first-order chi connectivity index (χ1) is 12.9. The summed E-state index contributed by atoms with van der Waals surface area (Å²) in [5, 5.41) is -0.133. The highest BCUT2D eigenvalue weighted by Gasteiger charge is 2.24. The molecule has 0 heterocycles. The van der Waals surface area contributed by atoms with E-state index in [1.807, 2.05) is 31.2 Å². The molecule has 0 aliphatic carbocycles. The molecule has 140 valence electrons. The molecule has 3 aromatic carbocycles. The van der Waals surface area contributed by atoms with Crippen molar-refractivity contribution in [2.45, 2.75) is 29.9 Å². The summed E-state index contributed by atoms with van der Waals surface area (Å²) < 4.78 is 41.4. The molecule has 0 spiro atoms. The Morgan fingerprint density at radius 1 is 1.00 bits per heavy atom. The molecule has 0 bridgehead atoms. The Bertz CT molecular complexity index is 957. The minimum absolute atomic E-state index is 0.135. The van der Waals surface area contributed by atoms with Crippen molar-refractivity contribution in [3.05, 3.63) is 100 Å². The van der Waals surface area contributed by atoms with Crippen LogP contribution < -0.4 is 0 Å². The van der Waals surface area contributed by atoms with Gasteiger partial charge in [-0.15, -0.1) is 0 Å². The van der Waals surface area contributed by atoms with Crippen LogP contribution in [0.5, 0.6) is 0 Å². The Morgan fingerprint density at radius 3 is 2.44 bits per heavy atom. The summed E-state index contributed by atoms with van der Waals surface area (Å²) in [6, 6.07) is 17.9. The molecule has 2 atom stereocenters. The molecule has 0 fully saturated rings. The van der Waals surface area contributed by atoms with Gasteiger partial charge in [0.15, 0.2) is 0 Å². The number of hydrogen-bond donors (Lipinski definition) is 0. The molecule has 0 saturated carbocycles. The maximum absolute atomic E-state index is 14.4. The molecule has 2 unspecified atom stereocenters. The maximum atomic E-state index is 14.4. The molecular formula is C22H19ClF2OS. The molecule has 0 radical (unpaired) electrons. The van der Waals surface area contributed by atoms with Gasteiger partial charge in [-0.05, 0) is 67.8 Å². The van der Waals surface area contributed by atoms with E-state index in [0.29, 0.717) is 22.8 Å². The van der Waals surface area contributed by atoms with Crippen molar-refractivity contribution < 1.29 is 13.0 Å². The lowest BCUT2D eigenvalue weighted by Gasteiger charge is -2.18. The lowest BCUT2D eigenvalue weighted by Crippen LogP contribution is -2.11. The van der Waals surface area contributed by atoms with Gasteiger partial charge in [0, 0.05) is 15.5 Å². The minimum atomic E-state index is -1.54. The number of aryl methyl sites for hydroxylation is 2. The van der Waals surface area contributed by atoms with Gasteiger partial charge in [0.1, 0.15) is 11.6 Å². The molecule has 0 aliphatic heterocycles. The zero-order valence-corrected chi connectivity index (χ0v) is 16.4. The fraction of sp³-hybridized carbons (Fsp3) is 0.182. The Balaban J connectivity index is 1.94. The summed E-state index contributed by atoms with van der Waals surface area (Å²) in [6.45, 7) is 2.00. The Labute approximate surface area is 165 Å². The summed E-state index contributed by atoms with van der Waals surface area (Å²) in [5.41, 5.74) is 2.33. The molecule has 0 aliphatic rings. The van der Waals surface area contributed by atoms with E-state index in [0.717, 1.165) is 29.3 Å². The second kappa shape index (κ2) is 8.77. The quantitative estimate of drug-likeness (QED) is 0.464. The molecule has 0 aromatic heterocycles. The van der Waals surface area contributed by atoms with Crippen LogP contribution in [0.3, 0.4) is 0 Å². The van der Waals surface area contributed by atoms with Gasteiger partial charge in [-0.3, -0.25) is 4.21 Å². The van der Waals surface area contributed by atoms with Crippen LogP contribution in [-0.2, 0) is 17.2 Å². The average Bonchev–Trinajstić information content (AvgIpc) is 2.65. The van der Waals surface area contributed by atoms with Crippen molar-refractivity contribution in [1.29, 1.82) is 0 Å². The topological polar surface area (TPSA) is 17.1 Å².